The lowest BCUT2D eigenvalue weighted by Crippen LogP contribution is -2.45. The van der Waals surface area contributed by atoms with Crippen molar-refractivity contribution in [3.05, 3.63) is 50.2 Å². The van der Waals surface area contributed by atoms with Crippen molar-refractivity contribution in [2.75, 3.05) is 19.6 Å². The molecule has 3 rings (SSSR count). The van der Waals surface area contributed by atoms with Crippen molar-refractivity contribution in [2.24, 2.45) is 14.1 Å². The molecule has 0 saturated heterocycles. The number of nitrogen functional groups attached to an aromatic ring is 1. The van der Waals surface area contributed by atoms with E-state index in [2.05, 4.69) is 0 Å². The first-order valence-corrected chi connectivity index (χ1v) is 8.40. The van der Waals surface area contributed by atoms with Crippen molar-refractivity contribution in [1.29, 1.82) is 0 Å². The molecule has 1 aromatic heterocycles. The van der Waals surface area contributed by atoms with E-state index in [-0.39, 0.29) is 18.2 Å². The maximum Gasteiger partial charge on any atom is 0.332 e. The van der Waals surface area contributed by atoms with E-state index in [4.69, 9.17) is 15.2 Å². The third-order valence-corrected chi connectivity index (χ3v) is 4.87. The monoisotopic (exact) mass is 374 g/mol. The number of Topliss-reactive ketones (excluding diaryl/α,β-unsaturated/α-hetero) is 1. The molecule has 0 fully saturated rings. The van der Waals surface area contributed by atoms with Gasteiger partial charge in [0, 0.05) is 20.6 Å². The molecule has 144 valence electrons. The lowest BCUT2D eigenvalue weighted by molar-refractivity contribution is 0.0860. The number of ether oxygens (including phenoxy) is 2. The van der Waals surface area contributed by atoms with E-state index in [9.17, 15) is 14.4 Å². The van der Waals surface area contributed by atoms with Gasteiger partial charge in [-0.15, -0.1) is 0 Å². The van der Waals surface area contributed by atoms with Crippen molar-refractivity contribution in [3.8, 4) is 11.5 Å². The highest BCUT2D eigenvalue weighted by molar-refractivity contribution is 6.03. The van der Waals surface area contributed by atoms with E-state index < -0.39 is 23.1 Å². The van der Waals surface area contributed by atoms with Gasteiger partial charge in [0.25, 0.3) is 5.56 Å². The summed E-state index contributed by atoms with van der Waals surface area (Å²) in [6.07, 6.45) is 0. The zero-order valence-corrected chi connectivity index (χ0v) is 15.7. The van der Waals surface area contributed by atoms with Crippen LogP contribution in [0.3, 0.4) is 0 Å². The van der Waals surface area contributed by atoms with E-state index in [1.165, 1.54) is 14.1 Å². The van der Waals surface area contributed by atoms with E-state index in [1.807, 2.05) is 18.2 Å². The average molecular weight is 374 g/mol. The van der Waals surface area contributed by atoms with Crippen molar-refractivity contribution in [2.45, 2.75) is 19.5 Å². The van der Waals surface area contributed by atoms with Crippen LogP contribution >= 0.6 is 0 Å². The first-order chi connectivity index (χ1) is 12.7. The van der Waals surface area contributed by atoms with Gasteiger partial charge in [-0.1, -0.05) is 6.07 Å². The Labute approximate surface area is 155 Å². The van der Waals surface area contributed by atoms with Crippen LogP contribution in [0, 0.1) is 0 Å². The van der Waals surface area contributed by atoms with Gasteiger partial charge in [-0.25, -0.2) is 4.79 Å². The molecule has 2 N–H and O–H groups in total. The molecule has 0 saturated carbocycles. The summed E-state index contributed by atoms with van der Waals surface area (Å²) >= 11 is 0. The number of hydrogen-bond acceptors (Lipinski definition) is 7. The Bertz CT molecular complexity index is 1020. The highest BCUT2D eigenvalue weighted by Crippen LogP contribution is 2.32. The number of rotatable bonds is 5. The van der Waals surface area contributed by atoms with Crippen molar-refractivity contribution < 1.29 is 14.3 Å². The Morgan fingerprint density at radius 1 is 1.22 bits per heavy atom. The van der Waals surface area contributed by atoms with Gasteiger partial charge in [-0.3, -0.25) is 23.6 Å². The van der Waals surface area contributed by atoms with Crippen LogP contribution in [0.15, 0.2) is 27.8 Å². The molecule has 0 amide bonds. The Kier molecular flexibility index (Phi) is 4.79. The van der Waals surface area contributed by atoms with E-state index in [0.29, 0.717) is 18.0 Å². The van der Waals surface area contributed by atoms with E-state index in [0.717, 1.165) is 14.7 Å². The molecule has 2 heterocycles. The van der Waals surface area contributed by atoms with Crippen LogP contribution in [0.4, 0.5) is 5.82 Å². The molecule has 1 aliphatic heterocycles. The quantitative estimate of drug-likeness (QED) is 0.739. The number of aromatic nitrogens is 2. The van der Waals surface area contributed by atoms with Gasteiger partial charge >= 0.3 is 5.69 Å². The minimum Gasteiger partial charge on any atom is -0.454 e. The average Bonchev–Trinajstić information content (AvgIpc) is 3.12. The molecular formula is C18H22N4O5. The molecule has 2 aromatic rings. The Hall–Kier alpha value is -3.07. The van der Waals surface area contributed by atoms with Crippen molar-refractivity contribution >= 4 is 11.6 Å². The van der Waals surface area contributed by atoms with E-state index in [1.54, 1.807) is 18.9 Å². The first-order valence-electron chi connectivity index (χ1n) is 8.40. The van der Waals surface area contributed by atoms with Crippen molar-refractivity contribution in [1.82, 2.24) is 14.0 Å². The molecule has 0 radical (unpaired) electrons. The number of anilines is 1. The van der Waals surface area contributed by atoms with E-state index >= 15 is 0 Å². The lowest BCUT2D eigenvalue weighted by Gasteiger charge is -2.24. The van der Waals surface area contributed by atoms with Crippen LogP contribution in [-0.2, 0) is 20.6 Å². The summed E-state index contributed by atoms with van der Waals surface area (Å²) in [6.45, 7) is 2.34. The lowest BCUT2D eigenvalue weighted by atomic mass is 10.1. The highest BCUT2D eigenvalue weighted by Gasteiger charge is 2.27. The molecule has 27 heavy (non-hydrogen) atoms. The number of hydrogen-bond donors (Lipinski definition) is 1. The highest BCUT2D eigenvalue weighted by atomic mass is 16.7. The van der Waals surface area contributed by atoms with Gasteiger partial charge in [0.15, 0.2) is 17.3 Å². The third kappa shape index (κ3) is 3.21. The third-order valence-electron chi connectivity index (χ3n) is 4.87. The number of fused-ring (bicyclic) bond motifs is 1. The van der Waals surface area contributed by atoms with Crippen LogP contribution in [0.5, 0.6) is 11.5 Å². The Morgan fingerprint density at radius 2 is 1.89 bits per heavy atom. The number of carbonyl (C=O) groups excluding carboxylic acids is 1. The number of carbonyl (C=O) groups is 1. The van der Waals surface area contributed by atoms with Crippen LogP contribution in [-0.4, -0.2) is 39.7 Å². The minimum atomic E-state index is -0.691. The number of nitrogens with zero attached hydrogens (tertiary/aromatic N) is 3. The predicted octanol–water partition coefficient (Wildman–Crippen LogP) is 0.0981. The second kappa shape index (κ2) is 6.92. The number of nitrogens with two attached hydrogens (primary N) is 1. The van der Waals surface area contributed by atoms with Gasteiger partial charge in [-0.2, -0.15) is 0 Å². The molecular weight excluding hydrogens is 352 g/mol. The van der Waals surface area contributed by atoms with Gasteiger partial charge in [-0.05, 0) is 31.7 Å². The van der Waals surface area contributed by atoms with Crippen LogP contribution in [0.1, 0.15) is 22.8 Å². The summed E-state index contributed by atoms with van der Waals surface area (Å²) in [5.74, 6) is 0.784. The van der Waals surface area contributed by atoms with Crippen molar-refractivity contribution in [3.63, 3.8) is 0 Å². The largest absolute Gasteiger partial charge is 0.454 e. The van der Waals surface area contributed by atoms with Crippen LogP contribution in [0.2, 0.25) is 0 Å². The molecule has 9 heteroatoms. The molecule has 0 aliphatic carbocycles. The Morgan fingerprint density at radius 3 is 2.59 bits per heavy atom. The summed E-state index contributed by atoms with van der Waals surface area (Å²) in [4.78, 5) is 39.1. The molecule has 0 bridgehead atoms. The van der Waals surface area contributed by atoms with Gasteiger partial charge < -0.3 is 15.2 Å². The number of benzene rings is 1. The van der Waals surface area contributed by atoms with Gasteiger partial charge in [0.05, 0.1) is 6.04 Å². The standard InChI is InChI=1S/C18H22N4O5/c1-10(15(23)14-16(19)21(3)18(25)22(4)17(14)24)20(2)8-11-5-6-12-13(7-11)27-9-26-12/h5-7,10H,8-9,19H2,1-4H3/t10-/m0/s1. The molecule has 9 nitrogen and oxygen atoms in total. The van der Waals surface area contributed by atoms with Gasteiger partial charge in [0.1, 0.15) is 11.4 Å². The summed E-state index contributed by atoms with van der Waals surface area (Å²) < 4.78 is 12.6. The summed E-state index contributed by atoms with van der Waals surface area (Å²) in [7, 11) is 4.52. The second-order valence-electron chi connectivity index (χ2n) is 6.61. The maximum absolute atomic E-state index is 12.9. The number of likely N-dealkylation sites (N-methyl/N-ethyl adjacent to an activating group) is 1. The maximum atomic E-state index is 12.9. The summed E-state index contributed by atoms with van der Waals surface area (Å²) in [6, 6.07) is 4.94. The molecule has 0 spiro atoms. The fourth-order valence-corrected chi connectivity index (χ4v) is 2.96. The topological polar surface area (TPSA) is 109 Å². The number of ketones is 1. The summed E-state index contributed by atoms with van der Waals surface area (Å²) in [5.41, 5.74) is 5.38. The molecule has 1 aliphatic rings. The summed E-state index contributed by atoms with van der Waals surface area (Å²) in [5, 5.41) is 0. The predicted molar refractivity (Wildman–Crippen MR) is 99.2 cm³/mol. The first kappa shape index (κ1) is 18.7. The second-order valence-corrected chi connectivity index (χ2v) is 6.61. The Balaban J connectivity index is 1.85. The fraction of sp³-hybridized carbons (Fsp3) is 0.389. The van der Waals surface area contributed by atoms with Gasteiger partial charge in [0.2, 0.25) is 6.79 Å². The molecule has 1 aromatic carbocycles. The zero-order valence-electron chi connectivity index (χ0n) is 15.7. The molecule has 1 atom stereocenters. The molecule has 0 unspecified atom stereocenters. The van der Waals surface area contributed by atoms with Crippen LogP contribution in [0.25, 0.3) is 0 Å². The minimum absolute atomic E-state index is 0.128. The zero-order chi connectivity index (χ0) is 19.9. The van der Waals surface area contributed by atoms with Crippen LogP contribution < -0.4 is 26.5 Å². The smallest absolute Gasteiger partial charge is 0.332 e. The normalized spacial score (nSPS) is 13.8. The SMILES string of the molecule is C[C@@H](C(=O)c1c(N)n(C)c(=O)n(C)c1=O)N(C)Cc1ccc2c(c1)OCO2. The fourth-order valence-electron chi connectivity index (χ4n) is 2.96.